The Kier molecular flexibility index (Phi) is 5.80. The Labute approximate surface area is 144 Å². The van der Waals surface area contributed by atoms with Gasteiger partial charge < -0.3 is 25.8 Å². The van der Waals surface area contributed by atoms with E-state index < -0.39 is 5.60 Å². The number of hydrogen-bond donors (Lipinski definition) is 3. The van der Waals surface area contributed by atoms with Gasteiger partial charge in [0.25, 0.3) is 0 Å². The molecule has 134 valence electrons. The predicted molar refractivity (Wildman–Crippen MR) is 96.4 cm³/mol. The number of nitrogens with two attached hydrogens (primary N) is 1. The molecule has 0 aromatic heterocycles. The van der Waals surface area contributed by atoms with E-state index in [4.69, 9.17) is 15.2 Å². The number of carbonyl (C=O) groups is 1. The summed E-state index contributed by atoms with van der Waals surface area (Å²) in [5.74, 6) is 0.790. The molecule has 4 N–H and O–H groups in total. The molecular weight excluding hydrogens is 306 g/mol. The monoisotopic (exact) mass is 335 g/mol. The van der Waals surface area contributed by atoms with Crippen molar-refractivity contribution in [2.75, 3.05) is 18.2 Å². The second-order valence-corrected chi connectivity index (χ2v) is 7.30. The smallest absolute Gasteiger partial charge is 0.407 e. The van der Waals surface area contributed by atoms with Gasteiger partial charge in [-0.1, -0.05) is 0 Å². The number of rotatable bonds is 4. The van der Waals surface area contributed by atoms with Crippen LogP contribution >= 0.6 is 0 Å². The molecule has 1 saturated carbocycles. The minimum atomic E-state index is -0.466. The van der Waals surface area contributed by atoms with Crippen LogP contribution in [0.4, 0.5) is 16.2 Å². The predicted octanol–water partition coefficient (Wildman–Crippen LogP) is 3.53. The van der Waals surface area contributed by atoms with Gasteiger partial charge in [0, 0.05) is 17.8 Å². The molecule has 1 aliphatic rings. The van der Waals surface area contributed by atoms with Crippen LogP contribution in [0.5, 0.6) is 5.75 Å². The van der Waals surface area contributed by atoms with E-state index in [1.807, 2.05) is 39.0 Å². The summed E-state index contributed by atoms with van der Waals surface area (Å²) < 4.78 is 10.7. The van der Waals surface area contributed by atoms with Gasteiger partial charge in [0.05, 0.1) is 12.8 Å². The molecule has 1 aromatic carbocycles. The van der Waals surface area contributed by atoms with Crippen LogP contribution in [0.3, 0.4) is 0 Å². The second kappa shape index (κ2) is 7.64. The molecule has 1 fully saturated rings. The molecular formula is C18H29N3O3. The van der Waals surface area contributed by atoms with Crippen molar-refractivity contribution in [3.8, 4) is 5.75 Å². The van der Waals surface area contributed by atoms with Crippen molar-refractivity contribution in [2.45, 2.75) is 64.1 Å². The molecule has 6 heteroatoms. The Hall–Kier alpha value is -2.11. The third-order valence-electron chi connectivity index (χ3n) is 4.03. The lowest BCUT2D eigenvalue weighted by atomic mass is 9.91. The number of nitrogens with one attached hydrogen (secondary N) is 2. The Morgan fingerprint density at radius 1 is 1.17 bits per heavy atom. The van der Waals surface area contributed by atoms with Crippen molar-refractivity contribution in [1.82, 2.24) is 5.32 Å². The summed E-state index contributed by atoms with van der Waals surface area (Å²) in [5, 5.41) is 6.46. The molecule has 2 rings (SSSR count). The maximum absolute atomic E-state index is 11.8. The summed E-state index contributed by atoms with van der Waals surface area (Å²) in [7, 11) is 1.65. The van der Waals surface area contributed by atoms with E-state index in [-0.39, 0.29) is 12.1 Å². The zero-order valence-corrected chi connectivity index (χ0v) is 15.0. The van der Waals surface area contributed by atoms with Gasteiger partial charge in [0.1, 0.15) is 11.4 Å². The van der Waals surface area contributed by atoms with Crippen molar-refractivity contribution in [1.29, 1.82) is 0 Å². The minimum absolute atomic E-state index is 0.167. The highest BCUT2D eigenvalue weighted by atomic mass is 16.6. The number of ether oxygens (including phenoxy) is 2. The van der Waals surface area contributed by atoms with Crippen LogP contribution in [0.2, 0.25) is 0 Å². The zero-order valence-electron chi connectivity index (χ0n) is 15.0. The largest absolute Gasteiger partial charge is 0.495 e. The Bertz CT molecular complexity index is 561. The molecule has 0 aliphatic heterocycles. The fraction of sp³-hybridized carbons (Fsp3) is 0.611. The van der Waals surface area contributed by atoms with E-state index in [2.05, 4.69) is 10.6 Å². The van der Waals surface area contributed by atoms with Gasteiger partial charge in [-0.15, -0.1) is 0 Å². The Morgan fingerprint density at radius 3 is 2.38 bits per heavy atom. The number of methoxy groups -OCH3 is 1. The van der Waals surface area contributed by atoms with E-state index >= 15 is 0 Å². The molecule has 24 heavy (non-hydrogen) atoms. The topological polar surface area (TPSA) is 85.6 Å². The van der Waals surface area contributed by atoms with Gasteiger partial charge in [-0.25, -0.2) is 4.79 Å². The van der Waals surface area contributed by atoms with Crippen LogP contribution in [0.15, 0.2) is 18.2 Å². The molecule has 6 nitrogen and oxygen atoms in total. The number of nitrogen functional groups attached to an aromatic ring is 1. The average Bonchev–Trinajstić information content (AvgIpc) is 2.47. The van der Waals surface area contributed by atoms with Crippen molar-refractivity contribution in [3.63, 3.8) is 0 Å². The Balaban J connectivity index is 1.83. The number of benzene rings is 1. The molecule has 0 spiro atoms. The highest BCUT2D eigenvalue weighted by Crippen LogP contribution is 2.30. The molecule has 0 radical (unpaired) electrons. The van der Waals surface area contributed by atoms with E-state index in [9.17, 15) is 4.79 Å². The molecule has 1 aliphatic carbocycles. The fourth-order valence-corrected chi connectivity index (χ4v) is 2.91. The van der Waals surface area contributed by atoms with Crippen molar-refractivity contribution in [3.05, 3.63) is 18.2 Å². The maximum Gasteiger partial charge on any atom is 0.407 e. The van der Waals surface area contributed by atoms with E-state index in [0.29, 0.717) is 11.7 Å². The van der Waals surface area contributed by atoms with E-state index in [0.717, 1.165) is 37.1 Å². The lowest BCUT2D eigenvalue weighted by Crippen LogP contribution is -2.42. The fourth-order valence-electron chi connectivity index (χ4n) is 2.91. The quantitative estimate of drug-likeness (QED) is 0.733. The van der Waals surface area contributed by atoms with Gasteiger partial charge in [-0.05, 0) is 64.7 Å². The maximum atomic E-state index is 11.8. The van der Waals surface area contributed by atoms with Gasteiger partial charge in [0.15, 0.2) is 0 Å². The standard InChI is InChI=1S/C18H29N3O3/c1-18(2,3)24-17(22)21-14-8-6-13(7-9-14)20-15-11-12(19)5-10-16(15)23-4/h5,10-11,13-14,20H,6-9,19H2,1-4H3,(H,21,22)/t13-,14-. The summed E-state index contributed by atoms with van der Waals surface area (Å²) in [5.41, 5.74) is 7.02. The highest BCUT2D eigenvalue weighted by molar-refractivity contribution is 5.68. The highest BCUT2D eigenvalue weighted by Gasteiger charge is 2.25. The molecule has 0 saturated heterocycles. The normalized spacial score (nSPS) is 21.0. The van der Waals surface area contributed by atoms with Crippen LogP contribution in [0, 0.1) is 0 Å². The number of anilines is 2. The molecule has 0 bridgehead atoms. The number of amides is 1. The van der Waals surface area contributed by atoms with Crippen molar-refractivity contribution >= 4 is 17.5 Å². The minimum Gasteiger partial charge on any atom is -0.495 e. The van der Waals surface area contributed by atoms with Gasteiger partial charge in [-0.2, -0.15) is 0 Å². The van der Waals surface area contributed by atoms with Crippen LogP contribution < -0.4 is 21.1 Å². The van der Waals surface area contributed by atoms with Crippen molar-refractivity contribution in [2.24, 2.45) is 0 Å². The third-order valence-corrected chi connectivity index (χ3v) is 4.03. The van der Waals surface area contributed by atoms with Gasteiger partial charge in [-0.3, -0.25) is 0 Å². The lowest BCUT2D eigenvalue weighted by molar-refractivity contribution is 0.0492. The Morgan fingerprint density at radius 2 is 1.79 bits per heavy atom. The molecule has 0 atom stereocenters. The summed E-state index contributed by atoms with van der Waals surface area (Å²) in [6.45, 7) is 5.60. The van der Waals surface area contributed by atoms with Crippen LogP contribution in [-0.4, -0.2) is 30.9 Å². The van der Waals surface area contributed by atoms with Crippen LogP contribution in [0.1, 0.15) is 46.5 Å². The van der Waals surface area contributed by atoms with Crippen LogP contribution in [-0.2, 0) is 4.74 Å². The summed E-state index contributed by atoms with van der Waals surface area (Å²) in [4.78, 5) is 11.8. The summed E-state index contributed by atoms with van der Waals surface area (Å²) in [6, 6.07) is 6.10. The average molecular weight is 335 g/mol. The lowest BCUT2D eigenvalue weighted by Gasteiger charge is -2.31. The third kappa shape index (κ3) is 5.51. The summed E-state index contributed by atoms with van der Waals surface area (Å²) >= 11 is 0. The van der Waals surface area contributed by atoms with Crippen molar-refractivity contribution < 1.29 is 14.3 Å². The molecule has 0 heterocycles. The van der Waals surface area contributed by atoms with Gasteiger partial charge in [0.2, 0.25) is 0 Å². The first kappa shape index (κ1) is 18.2. The van der Waals surface area contributed by atoms with E-state index in [1.54, 1.807) is 7.11 Å². The first-order valence-electron chi connectivity index (χ1n) is 8.46. The van der Waals surface area contributed by atoms with E-state index in [1.165, 1.54) is 0 Å². The van der Waals surface area contributed by atoms with Crippen LogP contribution in [0.25, 0.3) is 0 Å². The molecule has 1 amide bonds. The first-order valence-corrected chi connectivity index (χ1v) is 8.46. The van der Waals surface area contributed by atoms with Gasteiger partial charge >= 0.3 is 6.09 Å². The number of carbonyl (C=O) groups excluding carboxylic acids is 1. The molecule has 0 unspecified atom stereocenters. The molecule has 1 aromatic rings. The summed E-state index contributed by atoms with van der Waals surface area (Å²) in [6.07, 6.45) is 3.44. The second-order valence-electron chi connectivity index (χ2n) is 7.30. The zero-order chi connectivity index (χ0) is 17.7. The number of hydrogen-bond acceptors (Lipinski definition) is 5. The first-order chi connectivity index (χ1) is 11.3. The number of alkyl carbamates (subject to hydrolysis) is 1. The SMILES string of the molecule is COc1ccc(N)cc1N[C@H]1CC[C@H](NC(=O)OC(C)(C)C)CC1.